The Morgan fingerprint density at radius 1 is 1.12 bits per heavy atom. The first kappa shape index (κ1) is 29.7. The summed E-state index contributed by atoms with van der Waals surface area (Å²) in [6, 6.07) is 18.4. The monoisotopic (exact) mass is 605 g/mol. The summed E-state index contributed by atoms with van der Waals surface area (Å²) in [5, 5.41) is 12.3. The van der Waals surface area contributed by atoms with E-state index in [2.05, 4.69) is 4.98 Å². The van der Waals surface area contributed by atoms with E-state index in [1.54, 1.807) is 0 Å². The van der Waals surface area contributed by atoms with E-state index in [-0.39, 0.29) is 35.0 Å². The highest BCUT2D eigenvalue weighted by Gasteiger charge is 2.28. The van der Waals surface area contributed by atoms with Crippen LogP contribution in [0.3, 0.4) is 0 Å². The van der Waals surface area contributed by atoms with E-state index in [1.807, 2.05) is 67.3 Å². The van der Waals surface area contributed by atoms with E-state index >= 15 is 0 Å². The first-order valence-electron chi connectivity index (χ1n) is 13.9. The molecule has 1 N–H and O–H groups in total. The number of halogens is 1. The number of aromatic nitrogens is 1. The van der Waals surface area contributed by atoms with Crippen LogP contribution in [0.4, 0.5) is 10.5 Å². The van der Waals surface area contributed by atoms with Crippen molar-refractivity contribution in [2.75, 3.05) is 12.3 Å². The Morgan fingerprint density at radius 2 is 1.86 bits per heavy atom. The standard InChI is InChI=1S/C32H32ClN3O5S/c1-20-14-21(2)16-23(15-20)29-30(25-17-28(36(39)40)26(33)18-27(25)34-31(29)37)42-13-11-24-10-6-7-12-35(24)32(38)41-19-22-8-4-3-5-9-22/h3-5,8-9,14-18,24H,6-7,10-13,19H2,1-2H3,(H,34,37). The van der Waals surface area contributed by atoms with Crippen molar-refractivity contribution in [3.05, 3.63) is 103 Å². The second-order valence-electron chi connectivity index (χ2n) is 10.7. The topological polar surface area (TPSA) is 106 Å². The predicted molar refractivity (Wildman–Crippen MR) is 167 cm³/mol. The van der Waals surface area contributed by atoms with Crippen molar-refractivity contribution in [3.63, 3.8) is 0 Å². The van der Waals surface area contributed by atoms with Crippen molar-refractivity contribution in [2.45, 2.75) is 57.1 Å². The van der Waals surface area contributed by atoms with Gasteiger partial charge in [0, 0.05) is 34.7 Å². The summed E-state index contributed by atoms with van der Waals surface area (Å²) in [6.45, 7) is 4.79. The number of hydrogen-bond donors (Lipinski definition) is 1. The van der Waals surface area contributed by atoms with Gasteiger partial charge in [0.25, 0.3) is 11.2 Å². The van der Waals surface area contributed by atoms with Crippen LogP contribution < -0.4 is 5.56 Å². The third-order valence-electron chi connectivity index (χ3n) is 7.51. The molecule has 10 heteroatoms. The number of hydrogen-bond acceptors (Lipinski definition) is 6. The van der Waals surface area contributed by atoms with Gasteiger partial charge in [0.2, 0.25) is 0 Å². The third-order valence-corrected chi connectivity index (χ3v) is 8.96. The molecule has 0 saturated carbocycles. The molecular weight excluding hydrogens is 574 g/mol. The van der Waals surface area contributed by atoms with Gasteiger partial charge >= 0.3 is 6.09 Å². The van der Waals surface area contributed by atoms with Gasteiger partial charge in [-0.15, -0.1) is 11.8 Å². The number of aryl methyl sites for hydroxylation is 2. The Kier molecular flexibility index (Phi) is 9.18. The first-order chi connectivity index (χ1) is 20.2. The molecule has 3 aromatic carbocycles. The summed E-state index contributed by atoms with van der Waals surface area (Å²) in [5.41, 5.74) is 4.11. The van der Waals surface area contributed by atoms with Gasteiger partial charge in [-0.3, -0.25) is 14.9 Å². The number of nitrogens with zero attached hydrogens (tertiary/aromatic N) is 2. The number of nitro groups is 1. The lowest BCUT2D eigenvalue weighted by atomic mass is 10.00. The summed E-state index contributed by atoms with van der Waals surface area (Å²) in [7, 11) is 0. The molecule has 1 aliphatic heterocycles. The Labute approximate surface area is 253 Å². The average Bonchev–Trinajstić information content (AvgIpc) is 2.95. The van der Waals surface area contributed by atoms with E-state index in [9.17, 15) is 19.7 Å². The molecule has 4 aromatic rings. The summed E-state index contributed by atoms with van der Waals surface area (Å²) in [6.07, 6.45) is 3.16. The zero-order chi connectivity index (χ0) is 29.8. The minimum atomic E-state index is -0.515. The lowest BCUT2D eigenvalue weighted by molar-refractivity contribution is -0.384. The molecule has 1 amide bonds. The second kappa shape index (κ2) is 13.0. The maximum atomic E-state index is 13.5. The molecule has 0 bridgehead atoms. The molecule has 1 aliphatic rings. The van der Waals surface area contributed by atoms with Crippen LogP contribution in [0.2, 0.25) is 5.02 Å². The number of ether oxygens (including phenoxy) is 1. The highest BCUT2D eigenvalue weighted by Crippen LogP contribution is 2.39. The van der Waals surface area contributed by atoms with Crippen LogP contribution in [-0.4, -0.2) is 39.2 Å². The fourth-order valence-corrected chi connectivity index (χ4v) is 7.09. The molecule has 1 fully saturated rings. The molecule has 0 radical (unpaired) electrons. The number of amides is 1. The highest BCUT2D eigenvalue weighted by atomic mass is 35.5. The highest BCUT2D eigenvalue weighted by molar-refractivity contribution is 7.99. The first-order valence-corrected chi connectivity index (χ1v) is 15.3. The molecule has 0 aliphatic carbocycles. The van der Waals surface area contributed by atoms with Gasteiger partial charge in [-0.25, -0.2) is 4.79 Å². The molecule has 218 valence electrons. The van der Waals surface area contributed by atoms with Crippen LogP contribution in [0.1, 0.15) is 42.4 Å². The number of carbonyl (C=O) groups excluding carboxylic acids is 1. The number of nitrogens with one attached hydrogen (secondary N) is 1. The second-order valence-corrected chi connectivity index (χ2v) is 12.2. The smallest absolute Gasteiger partial charge is 0.410 e. The molecular formula is C32H32ClN3O5S. The van der Waals surface area contributed by atoms with Crippen LogP contribution in [0.25, 0.3) is 22.0 Å². The zero-order valence-electron chi connectivity index (χ0n) is 23.5. The fraction of sp³-hybridized carbons (Fsp3) is 0.312. The summed E-state index contributed by atoms with van der Waals surface area (Å²) in [5.74, 6) is 0.597. The van der Waals surface area contributed by atoms with Gasteiger partial charge in [0.1, 0.15) is 11.6 Å². The lowest BCUT2D eigenvalue weighted by Crippen LogP contribution is -2.44. The maximum absolute atomic E-state index is 13.5. The Hall–Kier alpha value is -3.82. The molecule has 1 saturated heterocycles. The van der Waals surface area contributed by atoms with Gasteiger partial charge in [-0.1, -0.05) is 71.3 Å². The lowest BCUT2D eigenvalue weighted by Gasteiger charge is -2.35. The Balaban J connectivity index is 1.44. The summed E-state index contributed by atoms with van der Waals surface area (Å²) < 4.78 is 5.64. The van der Waals surface area contributed by atoms with E-state index in [4.69, 9.17) is 16.3 Å². The molecule has 42 heavy (non-hydrogen) atoms. The number of likely N-dealkylation sites (tertiary alicyclic amines) is 1. The minimum Gasteiger partial charge on any atom is -0.445 e. The number of H-pyrrole nitrogens is 1. The number of fused-ring (bicyclic) bond motifs is 1. The number of rotatable bonds is 8. The van der Waals surface area contributed by atoms with Crippen molar-refractivity contribution in [3.8, 4) is 11.1 Å². The van der Waals surface area contributed by atoms with Crippen LogP contribution in [-0.2, 0) is 11.3 Å². The Bertz CT molecular complexity index is 1670. The van der Waals surface area contributed by atoms with Gasteiger partial charge in [-0.05, 0) is 56.7 Å². The number of pyridine rings is 1. The molecule has 1 atom stereocenters. The number of thioether (sulfide) groups is 1. The number of nitro benzene ring substituents is 1. The number of benzene rings is 3. The summed E-state index contributed by atoms with van der Waals surface area (Å²) >= 11 is 7.67. The van der Waals surface area contributed by atoms with Gasteiger partial charge in [-0.2, -0.15) is 0 Å². The molecule has 5 rings (SSSR count). The molecule has 0 spiro atoms. The quantitative estimate of drug-likeness (QED) is 0.124. The van der Waals surface area contributed by atoms with Crippen molar-refractivity contribution >= 4 is 46.0 Å². The molecule has 1 unspecified atom stereocenters. The van der Waals surface area contributed by atoms with Crippen LogP contribution in [0.15, 0.2) is 70.4 Å². The predicted octanol–water partition coefficient (Wildman–Crippen LogP) is 8.05. The SMILES string of the molecule is Cc1cc(C)cc(-c2c(SCCC3CCCCN3C(=O)OCc3ccccc3)c3cc([N+](=O)[O-])c(Cl)cc3[nH]c2=O)c1. The largest absolute Gasteiger partial charge is 0.445 e. The van der Waals surface area contributed by atoms with Gasteiger partial charge in [0.15, 0.2) is 0 Å². The number of piperidine rings is 1. The van der Waals surface area contributed by atoms with Gasteiger partial charge in [0.05, 0.1) is 16.0 Å². The van der Waals surface area contributed by atoms with E-state index in [0.29, 0.717) is 40.1 Å². The molecule has 1 aromatic heterocycles. The van der Waals surface area contributed by atoms with Gasteiger partial charge < -0.3 is 14.6 Å². The molecule has 8 nitrogen and oxygen atoms in total. The normalized spacial score (nSPS) is 15.1. The molecule has 2 heterocycles. The van der Waals surface area contributed by atoms with Crippen molar-refractivity contribution < 1.29 is 14.5 Å². The maximum Gasteiger partial charge on any atom is 0.410 e. The zero-order valence-corrected chi connectivity index (χ0v) is 25.1. The number of aromatic amines is 1. The summed E-state index contributed by atoms with van der Waals surface area (Å²) in [4.78, 5) is 43.1. The van der Waals surface area contributed by atoms with Crippen LogP contribution >= 0.6 is 23.4 Å². The Morgan fingerprint density at radius 3 is 2.57 bits per heavy atom. The minimum absolute atomic E-state index is 0.00349. The van der Waals surface area contributed by atoms with Crippen LogP contribution in [0.5, 0.6) is 0 Å². The number of carbonyl (C=O) groups is 1. The van der Waals surface area contributed by atoms with Crippen molar-refractivity contribution in [1.82, 2.24) is 9.88 Å². The van der Waals surface area contributed by atoms with E-state index < -0.39 is 4.92 Å². The van der Waals surface area contributed by atoms with E-state index in [1.165, 1.54) is 23.9 Å². The third kappa shape index (κ3) is 6.63. The van der Waals surface area contributed by atoms with Crippen LogP contribution in [0, 0.1) is 24.0 Å². The van der Waals surface area contributed by atoms with Crippen molar-refractivity contribution in [1.29, 1.82) is 0 Å². The van der Waals surface area contributed by atoms with Crippen molar-refractivity contribution in [2.24, 2.45) is 0 Å². The fourth-order valence-electron chi connectivity index (χ4n) is 5.59. The average molecular weight is 606 g/mol. The van der Waals surface area contributed by atoms with E-state index in [0.717, 1.165) is 41.5 Å².